The monoisotopic (exact) mass is 448 g/mol. The number of benzene rings is 3. The van der Waals surface area contributed by atoms with Crippen LogP contribution in [0.1, 0.15) is 77.5 Å². The van der Waals surface area contributed by atoms with E-state index in [0.717, 1.165) is 40.7 Å². The summed E-state index contributed by atoms with van der Waals surface area (Å²) in [7, 11) is 0. The maximum atomic E-state index is 13.8. The Labute approximate surface area is 192 Å². The van der Waals surface area contributed by atoms with E-state index in [0.29, 0.717) is 18.6 Å². The van der Waals surface area contributed by atoms with Crippen LogP contribution in [0, 0.1) is 5.92 Å². The first kappa shape index (κ1) is 20.8. The molecule has 0 aromatic heterocycles. The molecule has 0 radical (unpaired) electrons. The van der Waals surface area contributed by atoms with Gasteiger partial charge in [0.15, 0.2) is 0 Å². The van der Waals surface area contributed by atoms with Crippen LogP contribution in [-0.2, 0) is 24.6 Å². The highest BCUT2D eigenvalue weighted by molar-refractivity contribution is 5.51. The molecular weight excluding hydrogens is 421 g/mol. The fourth-order valence-electron chi connectivity index (χ4n) is 6.19. The van der Waals surface area contributed by atoms with Crippen molar-refractivity contribution in [3.8, 4) is 5.75 Å². The Balaban J connectivity index is 1.29. The van der Waals surface area contributed by atoms with Crippen molar-refractivity contribution in [2.24, 2.45) is 5.92 Å². The predicted octanol–water partition coefficient (Wildman–Crippen LogP) is 7.76. The zero-order chi connectivity index (χ0) is 23.0. The number of hydrogen-bond donors (Lipinski definition) is 0. The molecule has 0 heterocycles. The SMILES string of the molecule is CC1(C)CC(c2ccccc2C(F)(F)F)c2cc(COc3ccc4c(c3)CC3CC43)ccc21. The molecule has 0 N–H and O–H groups in total. The Morgan fingerprint density at radius 2 is 1.76 bits per heavy atom. The molecule has 1 saturated carbocycles. The molecule has 0 amide bonds. The molecular formula is C29H27F3O. The van der Waals surface area contributed by atoms with E-state index in [1.807, 2.05) is 0 Å². The fraction of sp³-hybridized carbons (Fsp3) is 0.379. The van der Waals surface area contributed by atoms with Crippen molar-refractivity contribution in [1.29, 1.82) is 0 Å². The van der Waals surface area contributed by atoms with Gasteiger partial charge in [-0.25, -0.2) is 0 Å². The van der Waals surface area contributed by atoms with Gasteiger partial charge in [-0.2, -0.15) is 13.2 Å². The van der Waals surface area contributed by atoms with Gasteiger partial charge in [0.2, 0.25) is 0 Å². The first-order valence-corrected chi connectivity index (χ1v) is 11.8. The van der Waals surface area contributed by atoms with Crippen molar-refractivity contribution in [1.82, 2.24) is 0 Å². The summed E-state index contributed by atoms with van der Waals surface area (Å²) >= 11 is 0. The first-order chi connectivity index (χ1) is 15.7. The normalized spacial score (nSPS) is 24.2. The highest BCUT2D eigenvalue weighted by Gasteiger charge is 2.45. The standard InChI is InChI=1S/C29H27F3O/c1-28(2)15-25(22-5-3-4-6-27(22)29(30,31)32)24-11-17(7-10-26(24)28)16-33-20-8-9-21-18(13-20)12-19-14-23(19)21/h3-11,13,19,23,25H,12,14-16H2,1-2H3. The minimum atomic E-state index is -4.36. The Morgan fingerprint density at radius 3 is 2.58 bits per heavy atom. The summed E-state index contributed by atoms with van der Waals surface area (Å²) < 4.78 is 47.4. The number of hydrogen-bond acceptors (Lipinski definition) is 1. The summed E-state index contributed by atoms with van der Waals surface area (Å²) in [5, 5.41) is 0. The second-order valence-corrected chi connectivity index (χ2v) is 10.6. The summed E-state index contributed by atoms with van der Waals surface area (Å²) in [4.78, 5) is 0. The minimum absolute atomic E-state index is 0.182. The maximum absolute atomic E-state index is 13.8. The van der Waals surface area contributed by atoms with Crippen LogP contribution >= 0.6 is 0 Å². The van der Waals surface area contributed by atoms with E-state index >= 15 is 0 Å². The molecule has 0 bridgehead atoms. The molecule has 3 aliphatic carbocycles. The van der Waals surface area contributed by atoms with Crippen LogP contribution in [0.3, 0.4) is 0 Å². The summed E-state index contributed by atoms with van der Waals surface area (Å²) in [6.07, 6.45) is -1.21. The van der Waals surface area contributed by atoms with Crippen molar-refractivity contribution < 1.29 is 17.9 Å². The summed E-state index contributed by atoms with van der Waals surface area (Å²) in [5.41, 5.74) is 5.66. The van der Waals surface area contributed by atoms with Gasteiger partial charge >= 0.3 is 6.18 Å². The molecule has 3 aliphatic rings. The molecule has 4 heteroatoms. The van der Waals surface area contributed by atoms with Crippen LogP contribution in [0.5, 0.6) is 5.75 Å². The molecule has 0 aliphatic heterocycles. The van der Waals surface area contributed by atoms with E-state index in [2.05, 4.69) is 50.2 Å². The largest absolute Gasteiger partial charge is 0.489 e. The topological polar surface area (TPSA) is 9.23 Å². The number of rotatable bonds is 4. The Hall–Kier alpha value is -2.75. The number of ether oxygens (including phenoxy) is 1. The molecule has 170 valence electrons. The van der Waals surface area contributed by atoms with E-state index in [1.165, 1.54) is 29.7 Å². The lowest BCUT2D eigenvalue weighted by atomic mass is 9.84. The summed E-state index contributed by atoms with van der Waals surface area (Å²) in [6.45, 7) is 4.65. The quantitative estimate of drug-likeness (QED) is 0.396. The van der Waals surface area contributed by atoms with Gasteiger partial charge in [-0.1, -0.05) is 56.3 Å². The second kappa shape index (κ2) is 7.12. The highest BCUT2D eigenvalue weighted by Crippen LogP contribution is 2.56. The number of halogens is 3. The van der Waals surface area contributed by atoms with Crippen LogP contribution in [0.2, 0.25) is 0 Å². The lowest BCUT2D eigenvalue weighted by molar-refractivity contribution is -0.138. The second-order valence-electron chi connectivity index (χ2n) is 10.6. The van der Waals surface area contributed by atoms with Crippen molar-refractivity contribution in [2.75, 3.05) is 0 Å². The summed E-state index contributed by atoms with van der Waals surface area (Å²) in [5.74, 6) is 2.20. The fourth-order valence-corrected chi connectivity index (χ4v) is 6.19. The zero-order valence-corrected chi connectivity index (χ0v) is 18.9. The smallest absolute Gasteiger partial charge is 0.416 e. The van der Waals surface area contributed by atoms with E-state index in [-0.39, 0.29) is 11.3 Å². The van der Waals surface area contributed by atoms with Gasteiger partial charge in [0.25, 0.3) is 0 Å². The van der Waals surface area contributed by atoms with Crippen LogP contribution in [0.4, 0.5) is 13.2 Å². The van der Waals surface area contributed by atoms with Gasteiger partial charge in [0, 0.05) is 5.92 Å². The number of alkyl halides is 3. The first-order valence-electron chi connectivity index (χ1n) is 11.8. The third-order valence-corrected chi connectivity index (χ3v) is 7.90. The summed E-state index contributed by atoms with van der Waals surface area (Å²) in [6, 6.07) is 18.6. The average Bonchev–Trinajstić information content (AvgIpc) is 3.37. The third kappa shape index (κ3) is 3.55. The van der Waals surface area contributed by atoms with E-state index in [1.54, 1.807) is 12.1 Å². The van der Waals surface area contributed by atoms with Gasteiger partial charge < -0.3 is 4.74 Å². The van der Waals surface area contributed by atoms with E-state index < -0.39 is 11.7 Å². The highest BCUT2D eigenvalue weighted by atomic mass is 19.4. The van der Waals surface area contributed by atoms with E-state index in [9.17, 15) is 13.2 Å². The average molecular weight is 449 g/mol. The van der Waals surface area contributed by atoms with Crippen LogP contribution in [0.15, 0.2) is 60.7 Å². The number of fused-ring (bicyclic) bond motifs is 4. The van der Waals surface area contributed by atoms with Crippen molar-refractivity contribution in [2.45, 2.75) is 63.1 Å². The van der Waals surface area contributed by atoms with Gasteiger partial charge in [0.05, 0.1) is 5.56 Å². The lowest BCUT2D eigenvalue weighted by Crippen LogP contribution is -2.14. The molecule has 1 nitrogen and oxygen atoms in total. The molecule has 6 rings (SSSR count). The molecule has 0 saturated heterocycles. The Bertz CT molecular complexity index is 1240. The Morgan fingerprint density at radius 1 is 0.939 bits per heavy atom. The minimum Gasteiger partial charge on any atom is -0.489 e. The van der Waals surface area contributed by atoms with Gasteiger partial charge in [-0.15, -0.1) is 0 Å². The molecule has 3 aromatic rings. The molecule has 3 atom stereocenters. The lowest BCUT2D eigenvalue weighted by Gasteiger charge is -2.21. The van der Waals surface area contributed by atoms with Crippen molar-refractivity contribution in [3.05, 3.63) is 99.6 Å². The Kier molecular flexibility index (Phi) is 4.50. The van der Waals surface area contributed by atoms with Crippen LogP contribution < -0.4 is 4.74 Å². The predicted molar refractivity (Wildman–Crippen MR) is 123 cm³/mol. The van der Waals surface area contributed by atoms with Gasteiger partial charge in [0.1, 0.15) is 12.4 Å². The van der Waals surface area contributed by atoms with Gasteiger partial charge in [-0.05, 0) is 88.1 Å². The van der Waals surface area contributed by atoms with Crippen LogP contribution in [0.25, 0.3) is 0 Å². The molecule has 1 fully saturated rings. The zero-order valence-electron chi connectivity index (χ0n) is 18.9. The van der Waals surface area contributed by atoms with Crippen molar-refractivity contribution in [3.63, 3.8) is 0 Å². The third-order valence-electron chi connectivity index (χ3n) is 7.90. The van der Waals surface area contributed by atoms with Crippen molar-refractivity contribution >= 4 is 0 Å². The molecule has 3 aromatic carbocycles. The molecule has 0 spiro atoms. The maximum Gasteiger partial charge on any atom is 0.416 e. The van der Waals surface area contributed by atoms with E-state index in [4.69, 9.17) is 4.74 Å². The molecule has 3 unspecified atom stereocenters. The van der Waals surface area contributed by atoms with Gasteiger partial charge in [-0.3, -0.25) is 0 Å². The van der Waals surface area contributed by atoms with Crippen LogP contribution in [-0.4, -0.2) is 0 Å². The molecule has 33 heavy (non-hydrogen) atoms.